The third-order valence-electron chi connectivity index (χ3n) is 6.39. The summed E-state index contributed by atoms with van der Waals surface area (Å²) in [5, 5.41) is 5.17. The van der Waals surface area contributed by atoms with Gasteiger partial charge >= 0.3 is 0 Å². The van der Waals surface area contributed by atoms with Gasteiger partial charge in [0.25, 0.3) is 5.56 Å². The smallest absolute Gasteiger partial charge is 0.282 e. The van der Waals surface area contributed by atoms with Crippen LogP contribution >= 0.6 is 31.9 Å². The van der Waals surface area contributed by atoms with Crippen molar-refractivity contribution in [3.8, 4) is 28.6 Å². The van der Waals surface area contributed by atoms with E-state index in [1.165, 1.54) is 4.68 Å². The van der Waals surface area contributed by atoms with Crippen LogP contribution in [0.5, 0.6) is 17.2 Å². The van der Waals surface area contributed by atoms with Crippen LogP contribution < -0.4 is 19.8 Å². The molecule has 0 amide bonds. The Bertz CT molecular complexity index is 1680. The number of fused-ring (bicyclic) bond motifs is 1. The molecule has 4 rings (SSSR count). The molecule has 0 atom stereocenters. The van der Waals surface area contributed by atoms with E-state index in [2.05, 4.69) is 58.4 Å². The van der Waals surface area contributed by atoms with E-state index in [4.69, 9.17) is 24.3 Å². The van der Waals surface area contributed by atoms with Crippen molar-refractivity contribution >= 4 is 49.0 Å². The molecule has 214 valence electrons. The van der Waals surface area contributed by atoms with Crippen LogP contribution in [0.2, 0.25) is 0 Å². The van der Waals surface area contributed by atoms with Crippen LogP contribution in [-0.4, -0.2) is 35.7 Å². The Balaban J connectivity index is 1.95. The maximum absolute atomic E-state index is 13.8. The van der Waals surface area contributed by atoms with Crippen LogP contribution in [0, 0.1) is 6.92 Å². The second-order valence-electron chi connectivity index (χ2n) is 9.56. The van der Waals surface area contributed by atoms with Crippen molar-refractivity contribution in [3.05, 3.63) is 91.1 Å². The average molecular weight is 683 g/mol. The molecule has 0 radical (unpaired) electrons. The van der Waals surface area contributed by atoms with E-state index in [0.717, 1.165) is 22.4 Å². The summed E-state index contributed by atoms with van der Waals surface area (Å²) >= 11 is 7.26. The zero-order valence-electron chi connectivity index (χ0n) is 23.8. The summed E-state index contributed by atoms with van der Waals surface area (Å²) in [6, 6.07) is 13.2. The van der Waals surface area contributed by atoms with Crippen molar-refractivity contribution in [2.75, 3.05) is 19.8 Å². The predicted molar refractivity (Wildman–Crippen MR) is 173 cm³/mol. The van der Waals surface area contributed by atoms with Crippen molar-refractivity contribution in [1.82, 2.24) is 9.66 Å². The fourth-order valence-corrected chi connectivity index (χ4v) is 5.37. The zero-order valence-corrected chi connectivity index (χ0v) is 27.0. The summed E-state index contributed by atoms with van der Waals surface area (Å²) < 4.78 is 20.4. The first-order chi connectivity index (χ1) is 19.7. The van der Waals surface area contributed by atoms with E-state index < -0.39 is 0 Å². The zero-order chi connectivity index (χ0) is 29.7. The molecular weight excluding hydrogens is 650 g/mol. The van der Waals surface area contributed by atoms with Crippen LogP contribution in [0.15, 0.2) is 74.0 Å². The summed E-state index contributed by atoms with van der Waals surface area (Å²) in [7, 11) is 0. The van der Waals surface area contributed by atoms with Gasteiger partial charge in [-0.3, -0.25) is 4.79 Å². The van der Waals surface area contributed by atoms with Gasteiger partial charge in [-0.15, -0.1) is 0 Å². The molecule has 7 nitrogen and oxygen atoms in total. The first-order valence-electron chi connectivity index (χ1n) is 13.4. The van der Waals surface area contributed by atoms with E-state index in [0.29, 0.717) is 62.6 Å². The van der Waals surface area contributed by atoms with Gasteiger partial charge in [0, 0.05) is 15.6 Å². The molecule has 0 unspecified atom stereocenters. The molecule has 9 heteroatoms. The summed E-state index contributed by atoms with van der Waals surface area (Å²) in [6.45, 7) is 15.1. The third-order valence-corrected chi connectivity index (χ3v) is 8.53. The second kappa shape index (κ2) is 13.5. The molecule has 0 fully saturated rings. The summed E-state index contributed by atoms with van der Waals surface area (Å²) in [5.74, 6) is 2.56. The first kappa shape index (κ1) is 30.5. The van der Waals surface area contributed by atoms with Crippen LogP contribution in [0.25, 0.3) is 22.3 Å². The van der Waals surface area contributed by atoms with Gasteiger partial charge < -0.3 is 14.2 Å². The number of aromatic nitrogens is 2. The molecule has 41 heavy (non-hydrogen) atoms. The fraction of sp³-hybridized carbons (Fsp3) is 0.281. The number of benzene rings is 3. The summed E-state index contributed by atoms with van der Waals surface area (Å²) in [4.78, 5) is 18.8. The van der Waals surface area contributed by atoms with E-state index in [1.807, 2.05) is 51.1 Å². The molecule has 1 heterocycles. The molecule has 0 aliphatic rings. The van der Waals surface area contributed by atoms with Crippen molar-refractivity contribution in [3.63, 3.8) is 0 Å². The van der Waals surface area contributed by atoms with Crippen molar-refractivity contribution < 1.29 is 14.2 Å². The Kier molecular flexibility index (Phi) is 10.0. The number of halogens is 2. The highest BCUT2D eigenvalue weighted by atomic mass is 79.9. The largest absolute Gasteiger partial charge is 0.494 e. The normalized spacial score (nSPS) is 11.4. The van der Waals surface area contributed by atoms with Crippen LogP contribution in [0.1, 0.15) is 50.3 Å². The SMILES string of the molecule is C=CCOc1c(OCC)cc(C=Nn2c(-c3cc(C(C)C)c(OCC)cc3C)nc3ccccc3c2=O)c(Br)c1Br. The maximum atomic E-state index is 13.8. The minimum absolute atomic E-state index is 0.201. The predicted octanol–water partition coefficient (Wildman–Crippen LogP) is 8.26. The van der Waals surface area contributed by atoms with Gasteiger partial charge in [0.1, 0.15) is 12.4 Å². The Hall–Kier alpha value is -3.43. The summed E-state index contributed by atoms with van der Waals surface area (Å²) in [5.41, 5.74) is 3.78. The molecule has 0 saturated heterocycles. The quantitative estimate of drug-likeness (QED) is 0.118. The van der Waals surface area contributed by atoms with Crippen molar-refractivity contribution in [2.24, 2.45) is 5.10 Å². The number of ether oxygens (including phenoxy) is 3. The van der Waals surface area contributed by atoms with Gasteiger partial charge in [0.2, 0.25) is 0 Å². The maximum Gasteiger partial charge on any atom is 0.282 e. The summed E-state index contributed by atoms with van der Waals surface area (Å²) in [6.07, 6.45) is 3.28. The fourth-order valence-electron chi connectivity index (χ4n) is 4.43. The van der Waals surface area contributed by atoms with Gasteiger partial charge in [0.15, 0.2) is 17.3 Å². The molecule has 0 aliphatic carbocycles. The molecular formula is C32H33Br2N3O4. The molecule has 0 aliphatic heterocycles. The van der Waals surface area contributed by atoms with Crippen molar-refractivity contribution in [2.45, 2.75) is 40.5 Å². The number of rotatable bonds is 11. The van der Waals surface area contributed by atoms with E-state index >= 15 is 0 Å². The lowest BCUT2D eigenvalue weighted by molar-refractivity contribution is 0.295. The lowest BCUT2D eigenvalue weighted by atomic mass is 9.96. The lowest BCUT2D eigenvalue weighted by Gasteiger charge is -2.18. The minimum atomic E-state index is -0.271. The van der Waals surface area contributed by atoms with Gasteiger partial charge in [-0.2, -0.15) is 9.78 Å². The van der Waals surface area contributed by atoms with E-state index in [9.17, 15) is 4.79 Å². The average Bonchev–Trinajstić information content (AvgIpc) is 2.95. The Morgan fingerprint density at radius 1 is 1.02 bits per heavy atom. The van der Waals surface area contributed by atoms with Gasteiger partial charge in [-0.1, -0.05) is 38.6 Å². The Morgan fingerprint density at radius 2 is 1.73 bits per heavy atom. The highest BCUT2D eigenvalue weighted by Crippen LogP contribution is 2.42. The molecule has 0 N–H and O–H groups in total. The van der Waals surface area contributed by atoms with E-state index in [1.54, 1.807) is 18.4 Å². The van der Waals surface area contributed by atoms with Crippen LogP contribution in [0.3, 0.4) is 0 Å². The second-order valence-corrected chi connectivity index (χ2v) is 11.1. The highest BCUT2D eigenvalue weighted by molar-refractivity contribution is 9.13. The molecule has 3 aromatic carbocycles. The molecule has 0 bridgehead atoms. The highest BCUT2D eigenvalue weighted by Gasteiger charge is 2.20. The molecule has 4 aromatic rings. The monoisotopic (exact) mass is 681 g/mol. The van der Waals surface area contributed by atoms with Gasteiger partial charge in [-0.25, -0.2) is 4.98 Å². The number of hydrogen-bond acceptors (Lipinski definition) is 6. The van der Waals surface area contributed by atoms with Gasteiger partial charge in [-0.05, 0) is 100 Å². The standard InChI is InChI=1S/C32H33Br2N3O4/c1-7-14-41-30-27(40-9-3)16-21(28(33)29(30)34)18-35-37-31(36-25-13-11-10-12-22(25)32(37)38)24-17-23(19(4)5)26(39-8-2)15-20(24)6/h7,10-13,15-19H,1,8-9,14H2,2-6H3. The Morgan fingerprint density at radius 3 is 2.41 bits per heavy atom. The lowest BCUT2D eigenvalue weighted by Crippen LogP contribution is -2.21. The van der Waals surface area contributed by atoms with Crippen molar-refractivity contribution in [1.29, 1.82) is 0 Å². The van der Waals surface area contributed by atoms with Crippen LogP contribution in [0.4, 0.5) is 0 Å². The molecule has 0 saturated carbocycles. The number of para-hydroxylation sites is 1. The number of hydrogen-bond donors (Lipinski definition) is 0. The Labute approximate surface area is 257 Å². The molecule has 1 aromatic heterocycles. The van der Waals surface area contributed by atoms with Crippen LogP contribution in [-0.2, 0) is 0 Å². The van der Waals surface area contributed by atoms with E-state index in [-0.39, 0.29) is 11.5 Å². The number of aryl methyl sites for hydroxylation is 1. The minimum Gasteiger partial charge on any atom is -0.494 e. The third kappa shape index (κ3) is 6.41. The van der Waals surface area contributed by atoms with Gasteiger partial charge in [0.05, 0.1) is 34.8 Å². The number of nitrogens with zero attached hydrogens (tertiary/aromatic N) is 3. The topological polar surface area (TPSA) is 74.9 Å². The molecule has 0 spiro atoms. The first-order valence-corrected chi connectivity index (χ1v) is 15.0.